The monoisotopic (exact) mass is 452 g/mol. The Labute approximate surface area is 182 Å². The average molecular weight is 452 g/mol. The Balaban J connectivity index is 1.98. The van der Waals surface area contributed by atoms with Crippen molar-refractivity contribution < 1.29 is 28.2 Å². The van der Waals surface area contributed by atoms with E-state index in [1.54, 1.807) is 0 Å². The van der Waals surface area contributed by atoms with Gasteiger partial charge in [-0.3, -0.25) is 14.2 Å². The second-order valence-corrected chi connectivity index (χ2v) is 7.68. The first-order valence-corrected chi connectivity index (χ1v) is 10.4. The molecule has 0 aromatic carbocycles. The number of nitrogens with zero attached hydrogens (tertiary/aromatic N) is 5. The topological polar surface area (TPSA) is 171 Å². The molecule has 1 saturated carbocycles. The number of aromatic nitrogens is 2. The maximum atomic E-state index is 15.9. The van der Waals surface area contributed by atoms with Gasteiger partial charge >= 0.3 is 17.6 Å². The van der Waals surface area contributed by atoms with E-state index >= 15 is 4.39 Å². The first-order valence-electron chi connectivity index (χ1n) is 10.4. The number of carbonyl (C=O) groups is 2. The number of ether oxygens (including phenoxy) is 3. The van der Waals surface area contributed by atoms with Gasteiger partial charge in [-0.05, 0) is 24.4 Å². The van der Waals surface area contributed by atoms with Gasteiger partial charge in [0.1, 0.15) is 5.82 Å². The number of fused-ring (bicyclic) bond motifs is 1. The van der Waals surface area contributed by atoms with Gasteiger partial charge in [-0.15, -0.1) is 0 Å². The number of esters is 2. The fraction of sp³-hybridized carbons (Fsp3) is 0.684. The Kier molecular flexibility index (Phi) is 6.70. The van der Waals surface area contributed by atoms with Crippen LogP contribution in [0, 0.1) is 0 Å². The molecule has 1 saturated heterocycles. The van der Waals surface area contributed by atoms with Crippen LogP contribution in [0.2, 0.25) is 0 Å². The van der Waals surface area contributed by atoms with E-state index < -0.39 is 47.5 Å². The minimum atomic E-state index is -2.22. The minimum Gasteiger partial charge on any atom is -0.454 e. The van der Waals surface area contributed by atoms with Gasteiger partial charge in [0, 0.05) is 24.0 Å². The molecule has 3 rings (SSSR count). The highest BCUT2D eigenvalue weighted by molar-refractivity contribution is 5.73. The van der Waals surface area contributed by atoms with Crippen LogP contribution in [0.25, 0.3) is 10.4 Å². The van der Waals surface area contributed by atoms with Crippen LogP contribution >= 0.6 is 0 Å². The van der Waals surface area contributed by atoms with Crippen LogP contribution in [0.3, 0.4) is 0 Å². The molecule has 2 heterocycles. The maximum Gasteiger partial charge on any atom is 0.351 e. The lowest BCUT2D eigenvalue weighted by atomic mass is 10.1. The average Bonchev–Trinajstić information content (AvgIpc) is 3.16. The van der Waals surface area contributed by atoms with Crippen LogP contribution in [-0.2, 0) is 23.8 Å². The summed E-state index contributed by atoms with van der Waals surface area (Å²) in [6.07, 6.45) is -1.76. The summed E-state index contributed by atoms with van der Waals surface area (Å²) in [6, 6.07) is 1.25. The number of alkyl halides is 1. The van der Waals surface area contributed by atoms with Crippen LogP contribution in [0.1, 0.15) is 58.6 Å². The number of hydrogen-bond donors (Lipinski definition) is 1. The number of rotatable bonds is 10. The second-order valence-electron chi connectivity index (χ2n) is 7.68. The summed E-state index contributed by atoms with van der Waals surface area (Å²) in [5.41, 5.74) is 9.29. The molecule has 13 heteroatoms. The minimum absolute atomic E-state index is 0.0259. The molecule has 2 fully saturated rings. The molecule has 1 aromatic rings. The van der Waals surface area contributed by atoms with E-state index in [0.29, 0.717) is 19.3 Å². The van der Waals surface area contributed by atoms with Gasteiger partial charge in [-0.1, -0.05) is 31.8 Å². The molecule has 12 nitrogen and oxygen atoms in total. The zero-order chi connectivity index (χ0) is 23.5. The highest BCUT2D eigenvalue weighted by Crippen LogP contribution is 2.68. The smallest absolute Gasteiger partial charge is 0.351 e. The van der Waals surface area contributed by atoms with Crippen molar-refractivity contribution in [3.63, 3.8) is 0 Å². The first-order chi connectivity index (χ1) is 15.3. The summed E-state index contributed by atoms with van der Waals surface area (Å²) in [5.74, 6) is -1.54. The molecule has 1 aliphatic heterocycles. The predicted molar refractivity (Wildman–Crippen MR) is 108 cm³/mol. The third-order valence-electron chi connectivity index (χ3n) is 5.50. The van der Waals surface area contributed by atoms with Gasteiger partial charge in [0.25, 0.3) is 0 Å². The zero-order valence-corrected chi connectivity index (χ0v) is 17.8. The molecule has 1 aliphatic carbocycles. The molecule has 32 heavy (non-hydrogen) atoms. The van der Waals surface area contributed by atoms with Crippen LogP contribution in [0.4, 0.5) is 10.2 Å². The molecule has 5 atom stereocenters. The number of hydrogen-bond acceptors (Lipinski definition) is 9. The van der Waals surface area contributed by atoms with Crippen LogP contribution in [-0.4, -0.2) is 45.1 Å². The van der Waals surface area contributed by atoms with Crippen molar-refractivity contribution in [3.8, 4) is 0 Å². The third kappa shape index (κ3) is 3.78. The van der Waals surface area contributed by atoms with Crippen LogP contribution in [0.5, 0.6) is 0 Å². The van der Waals surface area contributed by atoms with E-state index in [1.165, 1.54) is 6.07 Å². The van der Waals surface area contributed by atoms with E-state index in [9.17, 15) is 14.4 Å². The molecule has 2 N–H and O–H groups in total. The molecule has 0 spiro atoms. The molecule has 2 aliphatic rings. The Morgan fingerprint density at radius 3 is 2.59 bits per heavy atom. The number of halogens is 1. The van der Waals surface area contributed by atoms with Gasteiger partial charge in [-0.25, -0.2) is 9.18 Å². The second kappa shape index (κ2) is 9.13. The lowest BCUT2D eigenvalue weighted by Gasteiger charge is -2.24. The van der Waals surface area contributed by atoms with Gasteiger partial charge in [0.2, 0.25) is 11.3 Å². The van der Waals surface area contributed by atoms with E-state index in [-0.39, 0.29) is 18.7 Å². The van der Waals surface area contributed by atoms with Crippen molar-refractivity contribution in [2.75, 3.05) is 5.73 Å². The lowest BCUT2D eigenvalue weighted by molar-refractivity contribution is -0.168. The normalized spacial score (nSPS) is 30.2. The van der Waals surface area contributed by atoms with Crippen molar-refractivity contribution in [1.82, 2.24) is 9.55 Å². The van der Waals surface area contributed by atoms with Crippen LogP contribution in [0.15, 0.2) is 22.2 Å². The van der Waals surface area contributed by atoms with Crippen molar-refractivity contribution in [2.45, 2.75) is 82.2 Å². The van der Waals surface area contributed by atoms with E-state index in [4.69, 9.17) is 25.5 Å². The van der Waals surface area contributed by atoms with Gasteiger partial charge in [0.05, 0.1) is 0 Å². The number of carbonyl (C=O) groups excluding carboxylic acids is 2. The molecule has 0 radical (unpaired) electrons. The molecule has 0 bridgehead atoms. The largest absolute Gasteiger partial charge is 0.454 e. The highest BCUT2D eigenvalue weighted by atomic mass is 19.1. The fourth-order valence-corrected chi connectivity index (χ4v) is 3.81. The first kappa shape index (κ1) is 23.5. The quantitative estimate of drug-likeness (QED) is 0.244. The van der Waals surface area contributed by atoms with Crippen LogP contribution < -0.4 is 11.4 Å². The summed E-state index contributed by atoms with van der Waals surface area (Å²) in [6.45, 7) is 3.74. The summed E-state index contributed by atoms with van der Waals surface area (Å²) in [4.78, 5) is 43.1. The molecule has 174 valence electrons. The number of anilines is 1. The van der Waals surface area contributed by atoms with Crippen molar-refractivity contribution in [2.24, 2.45) is 5.11 Å². The summed E-state index contributed by atoms with van der Waals surface area (Å²) < 4.78 is 33.1. The van der Waals surface area contributed by atoms with E-state index in [1.807, 2.05) is 13.8 Å². The predicted octanol–water partition coefficient (Wildman–Crippen LogP) is 2.29. The Bertz CT molecular complexity index is 997. The Morgan fingerprint density at radius 2 is 2.00 bits per heavy atom. The number of unbranched alkanes of at least 4 members (excludes halogenated alkanes) is 2. The van der Waals surface area contributed by atoms with Gasteiger partial charge < -0.3 is 19.9 Å². The summed E-state index contributed by atoms with van der Waals surface area (Å²) in [7, 11) is 0. The SMILES string of the molecule is CCCCC(=O)OC1C2(N=[N+]=[N-])O[C@@H](n3ccc(N)nc3=O)[C@H](F)[C@@]12OC(=O)CCCC. The van der Waals surface area contributed by atoms with Gasteiger partial charge in [-0.2, -0.15) is 4.98 Å². The number of nitrogen functional groups attached to an aromatic ring is 1. The molecular weight excluding hydrogens is 427 g/mol. The molecule has 1 aromatic heterocycles. The lowest BCUT2D eigenvalue weighted by Crippen LogP contribution is -2.41. The Hall–Kier alpha value is -3.18. The van der Waals surface area contributed by atoms with Crippen molar-refractivity contribution >= 4 is 17.8 Å². The molecule has 2 unspecified atom stereocenters. The number of azide groups is 1. The fourth-order valence-electron chi connectivity index (χ4n) is 3.81. The highest BCUT2D eigenvalue weighted by Gasteiger charge is 2.94. The third-order valence-corrected chi connectivity index (χ3v) is 5.50. The number of nitrogens with two attached hydrogens (primary N) is 1. The molecular formula is C19H25FN6O6. The standard InChI is InChI=1S/C19H25FN6O6/c1-3-5-7-12(27)30-16-18(31-13(28)8-6-4-2)14(20)15(32-19(16,18)24-25-22)26-10-9-11(21)23-17(26)29/h9-10,14-16H,3-8H2,1-2H3,(H2,21,23,29)/t14-,15+,16?,18+,19?/m0/s1. The molecule has 0 amide bonds. The van der Waals surface area contributed by atoms with E-state index in [2.05, 4.69) is 15.0 Å². The van der Waals surface area contributed by atoms with Gasteiger partial charge in [0.15, 0.2) is 18.5 Å². The maximum absolute atomic E-state index is 15.9. The van der Waals surface area contributed by atoms with Crippen molar-refractivity contribution in [1.29, 1.82) is 0 Å². The van der Waals surface area contributed by atoms with Crippen molar-refractivity contribution in [3.05, 3.63) is 33.2 Å². The zero-order valence-electron chi connectivity index (χ0n) is 17.8. The summed E-state index contributed by atoms with van der Waals surface area (Å²) >= 11 is 0. The summed E-state index contributed by atoms with van der Waals surface area (Å²) in [5, 5.41) is 3.53. The van der Waals surface area contributed by atoms with E-state index in [0.717, 1.165) is 17.2 Å². The Morgan fingerprint density at radius 1 is 1.34 bits per heavy atom.